The molecule has 1 amide bonds. The Morgan fingerprint density at radius 3 is 2.18 bits per heavy atom. The second-order valence-corrected chi connectivity index (χ2v) is 13.3. The van der Waals surface area contributed by atoms with Crippen LogP contribution in [-0.2, 0) is 9.59 Å². The number of carbonyl (C=O) groups excluding carboxylic acids is 2. The second-order valence-electron chi connectivity index (χ2n) is 12.4. The number of carbonyl (C=O) groups is 2. The molecular formula is C32H36Cl2N2O2. The van der Waals surface area contributed by atoms with Crippen LogP contribution >= 0.6 is 23.2 Å². The zero-order chi connectivity index (χ0) is 26.7. The highest BCUT2D eigenvalue weighted by Crippen LogP contribution is 2.64. The molecule has 0 unspecified atom stereocenters. The first-order chi connectivity index (χ1) is 18.2. The van der Waals surface area contributed by atoms with Gasteiger partial charge in [0, 0.05) is 46.1 Å². The number of ketones is 1. The predicted molar refractivity (Wildman–Crippen MR) is 152 cm³/mol. The van der Waals surface area contributed by atoms with Gasteiger partial charge in [-0.05, 0) is 90.7 Å². The van der Waals surface area contributed by atoms with Crippen molar-refractivity contribution in [2.75, 3.05) is 6.54 Å². The van der Waals surface area contributed by atoms with Gasteiger partial charge in [0.1, 0.15) is 0 Å². The van der Waals surface area contributed by atoms with E-state index in [1.54, 1.807) is 0 Å². The fraction of sp³-hybridized carbons (Fsp3) is 0.500. The molecule has 0 bridgehead atoms. The molecule has 6 rings (SSSR count). The van der Waals surface area contributed by atoms with Gasteiger partial charge in [-0.25, -0.2) is 0 Å². The maximum atomic E-state index is 14.1. The lowest BCUT2D eigenvalue weighted by Crippen LogP contribution is -2.57. The van der Waals surface area contributed by atoms with Crippen LogP contribution in [0, 0.1) is 34.5 Å². The van der Waals surface area contributed by atoms with Crippen molar-refractivity contribution in [2.24, 2.45) is 34.5 Å². The van der Waals surface area contributed by atoms with Crippen molar-refractivity contribution < 1.29 is 9.59 Å². The summed E-state index contributed by atoms with van der Waals surface area (Å²) in [5, 5.41) is 8.45. The largest absolute Gasteiger partial charge is 0.387 e. The van der Waals surface area contributed by atoms with Gasteiger partial charge in [0.2, 0.25) is 5.91 Å². The fourth-order valence-electron chi connectivity index (χ4n) is 8.49. The fourth-order valence-corrected chi connectivity index (χ4v) is 8.74. The van der Waals surface area contributed by atoms with Gasteiger partial charge < -0.3 is 10.6 Å². The lowest BCUT2D eigenvalue weighted by Gasteiger charge is -2.58. The molecule has 0 spiro atoms. The number of rotatable bonds is 4. The van der Waals surface area contributed by atoms with Crippen molar-refractivity contribution in [3.8, 4) is 0 Å². The molecule has 1 aliphatic heterocycles. The van der Waals surface area contributed by atoms with E-state index in [0.717, 1.165) is 55.5 Å². The summed E-state index contributed by atoms with van der Waals surface area (Å²) in [6.45, 7) is 5.63. The first-order valence-electron chi connectivity index (χ1n) is 14.0. The molecule has 2 N–H and O–H groups in total. The lowest BCUT2D eigenvalue weighted by molar-refractivity contribution is -0.133. The van der Waals surface area contributed by atoms with Crippen LogP contribution in [0.1, 0.15) is 69.5 Å². The highest BCUT2D eigenvalue weighted by molar-refractivity contribution is 6.30. The summed E-state index contributed by atoms with van der Waals surface area (Å²) < 4.78 is 0. The van der Waals surface area contributed by atoms with E-state index in [1.165, 1.54) is 0 Å². The SMILES string of the molecule is C[C@]12CC[C@H]3[C@@H](CNC4=CC(=O)CC[C@@]43C)[C@@H]1CC[C@@H]2C(=O)NC(c1ccc(Cl)cc1)c1ccc(Cl)cc1. The van der Waals surface area contributed by atoms with Crippen molar-refractivity contribution in [1.82, 2.24) is 10.6 Å². The van der Waals surface area contributed by atoms with Crippen LogP contribution < -0.4 is 10.6 Å². The Bertz CT molecular complexity index is 1230. The number of piperidine rings is 1. The maximum Gasteiger partial charge on any atom is 0.224 e. The zero-order valence-corrected chi connectivity index (χ0v) is 23.6. The Morgan fingerprint density at radius 1 is 0.921 bits per heavy atom. The van der Waals surface area contributed by atoms with E-state index in [0.29, 0.717) is 34.2 Å². The smallest absolute Gasteiger partial charge is 0.224 e. The van der Waals surface area contributed by atoms with E-state index in [9.17, 15) is 9.59 Å². The molecule has 3 aliphatic carbocycles. The third-order valence-electron chi connectivity index (χ3n) is 10.6. The topological polar surface area (TPSA) is 58.2 Å². The van der Waals surface area contributed by atoms with E-state index in [4.69, 9.17) is 23.2 Å². The molecule has 1 saturated heterocycles. The van der Waals surface area contributed by atoms with Crippen LogP contribution in [0.4, 0.5) is 0 Å². The molecule has 6 atom stereocenters. The Labute approximate surface area is 235 Å². The van der Waals surface area contributed by atoms with E-state index in [2.05, 4.69) is 24.5 Å². The van der Waals surface area contributed by atoms with Gasteiger partial charge in [0.15, 0.2) is 5.78 Å². The van der Waals surface area contributed by atoms with Gasteiger partial charge in [0.05, 0.1) is 6.04 Å². The molecule has 200 valence electrons. The zero-order valence-electron chi connectivity index (χ0n) is 22.1. The average molecular weight is 552 g/mol. The van der Waals surface area contributed by atoms with Crippen molar-refractivity contribution in [3.63, 3.8) is 0 Å². The van der Waals surface area contributed by atoms with Crippen molar-refractivity contribution in [2.45, 2.75) is 58.4 Å². The summed E-state index contributed by atoms with van der Waals surface area (Å²) in [7, 11) is 0. The minimum Gasteiger partial charge on any atom is -0.387 e. The second kappa shape index (κ2) is 9.71. The summed E-state index contributed by atoms with van der Waals surface area (Å²) in [6.07, 6.45) is 7.62. The van der Waals surface area contributed by atoms with Crippen molar-refractivity contribution >= 4 is 34.9 Å². The summed E-state index contributed by atoms with van der Waals surface area (Å²) in [5.74, 6) is 1.97. The van der Waals surface area contributed by atoms with Crippen LogP contribution in [-0.4, -0.2) is 18.2 Å². The molecule has 2 aromatic rings. The maximum absolute atomic E-state index is 14.1. The quantitative estimate of drug-likeness (QED) is 0.426. The number of benzene rings is 2. The number of allylic oxidation sites excluding steroid dienone is 2. The average Bonchev–Trinajstić information content (AvgIpc) is 3.26. The highest BCUT2D eigenvalue weighted by Gasteiger charge is 2.60. The van der Waals surface area contributed by atoms with Gasteiger partial charge in [-0.3, -0.25) is 9.59 Å². The third kappa shape index (κ3) is 4.29. The molecule has 0 radical (unpaired) electrons. The van der Waals surface area contributed by atoms with Crippen molar-refractivity contribution in [3.05, 3.63) is 81.5 Å². The van der Waals surface area contributed by atoms with Gasteiger partial charge in [-0.2, -0.15) is 0 Å². The number of fused-ring (bicyclic) bond motifs is 5. The van der Waals surface area contributed by atoms with Crippen LogP contribution in [0.3, 0.4) is 0 Å². The van der Waals surface area contributed by atoms with E-state index in [-0.39, 0.29) is 34.5 Å². The summed E-state index contributed by atoms with van der Waals surface area (Å²) in [5.41, 5.74) is 3.18. The van der Waals surface area contributed by atoms with Crippen LogP contribution in [0.5, 0.6) is 0 Å². The van der Waals surface area contributed by atoms with Crippen LogP contribution in [0.25, 0.3) is 0 Å². The third-order valence-corrected chi connectivity index (χ3v) is 11.1. The van der Waals surface area contributed by atoms with Crippen molar-refractivity contribution in [1.29, 1.82) is 0 Å². The summed E-state index contributed by atoms with van der Waals surface area (Å²) in [6, 6.07) is 15.2. The first kappa shape index (κ1) is 26.0. The van der Waals surface area contributed by atoms with Gasteiger partial charge in [-0.15, -0.1) is 0 Å². The molecular weight excluding hydrogens is 515 g/mol. The summed E-state index contributed by atoms with van der Waals surface area (Å²) >= 11 is 12.3. The molecule has 1 heterocycles. The number of nitrogens with one attached hydrogen (secondary N) is 2. The minimum atomic E-state index is -0.265. The number of hydrogen-bond acceptors (Lipinski definition) is 3. The van der Waals surface area contributed by atoms with Gasteiger partial charge in [-0.1, -0.05) is 61.3 Å². The number of halogens is 2. The molecule has 4 nitrogen and oxygen atoms in total. The summed E-state index contributed by atoms with van der Waals surface area (Å²) in [4.78, 5) is 26.2. The van der Waals surface area contributed by atoms with Gasteiger partial charge >= 0.3 is 0 Å². The first-order valence-corrected chi connectivity index (χ1v) is 14.7. The molecule has 2 aromatic carbocycles. The Balaban J connectivity index is 1.25. The Morgan fingerprint density at radius 2 is 1.55 bits per heavy atom. The van der Waals surface area contributed by atoms with Crippen LogP contribution in [0.15, 0.2) is 60.3 Å². The molecule has 4 aliphatic rings. The van der Waals surface area contributed by atoms with E-state index < -0.39 is 0 Å². The molecule has 2 saturated carbocycles. The standard InChI is InChI=1S/C32H36Cl2N2O2/c1-31-16-14-26-24(18-35-28-17-23(37)13-15-32(26,28)2)25(31)11-12-27(31)30(38)36-29(19-3-7-21(33)8-4-19)20-5-9-22(34)10-6-20/h3-10,17,24-27,29,35H,11-16,18H2,1-2H3,(H,36,38)/t24-,25-,26-,27+,31-,32+/m0/s1. The highest BCUT2D eigenvalue weighted by atomic mass is 35.5. The number of amides is 1. The van der Waals surface area contributed by atoms with E-state index >= 15 is 0 Å². The monoisotopic (exact) mass is 550 g/mol. The molecule has 6 heteroatoms. The van der Waals surface area contributed by atoms with Crippen LogP contribution in [0.2, 0.25) is 10.0 Å². The Kier molecular flexibility index (Phi) is 6.63. The normalized spacial score (nSPS) is 34.0. The lowest BCUT2D eigenvalue weighted by atomic mass is 9.50. The molecule has 38 heavy (non-hydrogen) atoms. The molecule has 3 fully saturated rings. The minimum absolute atomic E-state index is 0.0202. The molecule has 0 aromatic heterocycles. The predicted octanol–water partition coefficient (Wildman–Crippen LogP) is 7.11. The Hall–Kier alpha value is -2.30. The van der Waals surface area contributed by atoms with E-state index in [1.807, 2.05) is 54.6 Å². The van der Waals surface area contributed by atoms with Gasteiger partial charge in [0.25, 0.3) is 0 Å². The number of hydrogen-bond donors (Lipinski definition) is 2.